The van der Waals surface area contributed by atoms with Crippen molar-refractivity contribution >= 4 is 6.16 Å². The normalized spacial score (nSPS) is 42.7. The van der Waals surface area contributed by atoms with Gasteiger partial charge >= 0.3 is 11.8 Å². The summed E-state index contributed by atoms with van der Waals surface area (Å²) in [7, 11) is 0. The number of carbonyl (C=O) groups is 1. The summed E-state index contributed by atoms with van der Waals surface area (Å²) in [6.07, 6.45) is 13.3. The third-order valence-electron chi connectivity index (χ3n) is 11.7. The molecule has 1 radical (unpaired) electrons. The van der Waals surface area contributed by atoms with Crippen molar-refractivity contribution in [1.82, 2.24) is 4.90 Å². The van der Waals surface area contributed by atoms with Crippen molar-refractivity contribution in [2.45, 2.75) is 95.7 Å². The van der Waals surface area contributed by atoms with Crippen LogP contribution >= 0.6 is 0 Å². The molecule has 5 fully saturated rings. The number of nitrogens with zero attached hydrogens (tertiary/aromatic N) is 1. The predicted molar refractivity (Wildman–Crippen MR) is 142 cm³/mol. The van der Waals surface area contributed by atoms with E-state index in [2.05, 4.69) is 25.2 Å². The Labute approximate surface area is 226 Å². The van der Waals surface area contributed by atoms with Gasteiger partial charge in [-0.15, -0.1) is 0 Å². The zero-order chi connectivity index (χ0) is 26.5. The van der Waals surface area contributed by atoms with E-state index in [4.69, 9.17) is 13.9 Å². The van der Waals surface area contributed by atoms with Gasteiger partial charge in [0.15, 0.2) is 0 Å². The van der Waals surface area contributed by atoms with E-state index >= 15 is 0 Å². The van der Waals surface area contributed by atoms with Crippen LogP contribution < -0.4 is 5.63 Å². The number of aliphatic hydroxyl groups is 1. The Morgan fingerprint density at radius 3 is 2.68 bits per heavy atom. The van der Waals surface area contributed by atoms with E-state index in [9.17, 15) is 14.7 Å². The minimum absolute atomic E-state index is 0.0715. The van der Waals surface area contributed by atoms with Gasteiger partial charge in [-0.1, -0.05) is 13.8 Å². The van der Waals surface area contributed by atoms with Crippen molar-refractivity contribution in [2.75, 3.05) is 26.2 Å². The zero-order valence-corrected chi connectivity index (χ0v) is 23.0. The fraction of sp³-hybridized carbons (Fsp3) is 0.774. The number of hydrogen-bond acceptors (Lipinski definition) is 7. The van der Waals surface area contributed by atoms with Crippen LogP contribution in [0.4, 0.5) is 4.79 Å². The fourth-order valence-electron chi connectivity index (χ4n) is 9.51. The van der Waals surface area contributed by atoms with Crippen LogP contribution in [0.2, 0.25) is 0 Å². The van der Waals surface area contributed by atoms with E-state index < -0.39 is 11.8 Å². The van der Waals surface area contributed by atoms with E-state index in [0.29, 0.717) is 24.9 Å². The van der Waals surface area contributed by atoms with Crippen molar-refractivity contribution in [3.8, 4) is 0 Å². The molecule has 1 aliphatic heterocycles. The molecule has 1 aromatic rings. The summed E-state index contributed by atoms with van der Waals surface area (Å²) in [6.45, 7) is 8.08. The summed E-state index contributed by atoms with van der Waals surface area (Å²) in [4.78, 5) is 26.3. The first-order valence-corrected chi connectivity index (χ1v) is 14.9. The molecule has 7 heteroatoms. The molecule has 0 aromatic carbocycles. The minimum atomic E-state index is -0.753. The molecule has 1 saturated heterocycles. The lowest BCUT2D eigenvalue weighted by Crippen LogP contribution is -2.62. The molecule has 1 aromatic heterocycles. The van der Waals surface area contributed by atoms with Crippen molar-refractivity contribution in [3.63, 3.8) is 0 Å². The molecule has 4 saturated carbocycles. The molecule has 5 aliphatic rings. The van der Waals surface area contributed by atoms with Crippen molar-refractivity contribution in [2.24, 2.45) is 28.6 Å². The number of hydrogen-bond donors (Lipinski definition) is 1. The topological polar surface area (TPSA) is 89.2 Å². The van der Waals surface area contributed by atoms with Gasteiger partial charge in [0, 0.05) is 18.0 Å². The number of fused-ring (bicyclic) bond motifs is 5. The first-order valence-electron chi connectivity index (χ1n) is 14.9. The van der Waals surface area contributed by atoms with E-state index in [1.165, 1.54) is 18.9 Å². The second kappa shape index (κ2) is 9.96. The van der Waals surface area contributed by atoms with Gasteiger partial charge in [-0.3, -0.25) is 4.90 Å². The van der Waals surface area contributed by atoms with Gasteiger partial charge in [0.25, 0.3) is 0 Å². The van der Waals surface area contributed by atoms with E-state index in [-0.39, 0.29) is 34.4 Å². The summed E-state index contributed by atoms with van der Waals surface area (Å²) < 4.78 is 16.4. The SMILES string of the molecule is C[C@]12CC[C@H](OC(=O)OCCN3CCCC3)C[C@H]1CC[C@@H]1[C@@H]2CC[C@]2(C)[C@@H](c3ccc(=O)oc3)[CH]C[C@]12O. The predicted octanol–water partition coefficient (Wildman–Crippen LogP) is 5.31. The Kier molecular flexibility index (Phi) is 6.91. The van der Waals surface area contributed by atoms with Gasteiger partial charge in [-0.2, -0.15) is 0 Å². The summed E-state index contributed by atoms with van der Waals surface area (Å²) in [5, 5.41) is 12.4. The van der Waals surface area contributed by atoms with Gasteiger partial charge in [-0.25, -0.2) is 9.59 Å². The second-order valence-corrected chi connectivity index (χ2v) is 13.3. The highest BCUT2D eigenvalue weighted by Gasteiger charge is 2.67. The number of likely N-dealkylation sites (tertiary alicyclic amines) is 1. The second-order valence-electron chi connectivity index (χ2n) is 13.3. The molecule has 4 aliphatic carbocycles. The summed E-state index contributed by atoms with van der Waals surface area (Å²) in [6, 6.07) is 3.36. The molecule has 0 spiro atoms. The standard InChI is InChI=1S/C31H44NO6/c1-29-12-9-23(38-28(34)36-18-17-32-15-3-4-16-32)19-22(29)6-7-26-25(29)10-13-30(2)24(11-14-31(26,30)35)21-5-8-27(33)37-20-21/h5,8,11,20,22-26,35H,3-4,6-7,9-10,12-19H2,1-2H3/t22-,23+,24-,25+,26-,29+,30-,31+/m1/s1. The first-order chi connectivity index (χ1) is 18.2. The summed E-state index contributed by atoms with van der Waals surface area (Å²) in [5.74, 6) is 1.31. The molecule has 8 atom stereocenters. The molecular formula is C31H44NO6. The highest BCUT2D eigenvalue weighted by atomic mass is 16.7. The zero-order valence-electron chi connectivity index (χ0n) is 23.0. The number of ether oxygens (including phenoxy) is 2. The number of rotatable bonds is 5. The largest absolute Gasteiger partial charge is 0.508 e. The van der Waals surface area contributed by atoms with Crippen LogP contribution in [0.3, 0.4) is 0 Å². The Morgan fingerprint density at radius 2 is 1.92 bits per heavy atom. The fourth-order valence-corrected chi connectivity index (χ4v) is 9.51. The molecule has 0 bridgehead atoms. The van der Waals surface area contributed by atoms with Crippen LogP contribution in [-0.2, 0) is 9.47 Å². The Morgan fingerprint density at radius 1 is 1.11 bits per heavy atom. The maximum Gasteiger partial charge on any atom is 0.508 e. The molecule has 1 N–H and O–H groups in total. The van der Waals surface area contributed by atoms with E-state index in [1.54, 1.807) is 6.26 Å². The minimum Gasteiger partial charge on any atom is -0.433 e. The maximum absolute atomic E-state index is 12.4. The van der Waals surface area contributed by atoms with Gasteiger partial charge < -0.3 is 19.0 Å². The highest BCUT2D eigenvalue weighted by Crippen LogP contribution is 2.70. The van der Waals surface area contributed by atoms with Crippen LogP contribution in [0.25, 0.3) is 0 Å². The van der Waals surface area contributed by atoms with Gasteiger partial charge in [-0.05, 0) is 124 Å². The van der Waals surface area contributed by atoms with E-state index in [1.807, 2.05) is 6.07 Å². The Hall–Kier alpha value is -1.86. The van der Waals surface area contributed by atoms with Crippen molar-refractivity contribution in [1.29, 1.82) is 0 Å². The third kappa shape index (κ3) is 4.32. The number of carbonyl (C=O) groups excluding carboxylic acids is 1. The first kappa shape index (κ1) is 26.4. The monoisotopic (exact) mass is 526 g/mol. The average molecular weight is 527 g/mol. The van der Waals surface area contributed by atoms with Gasteiger partial charge in [0.05, 0.1) is 11.9 Å². The van der Waals surface area contributed by atoms with Crippen LogP contribution in [0.15, 0.2) is 27.6 Å². The van der Waals surface area contributed by atoms with Crippen LogP contribution in [0.5, 0.6) is 0 Å². The summed E-state index contributed by atoms with van der Waals surface area (Å²) in [5.41, 5.74) is -0.214. The van der Waals surface area contributed by atoms with E-state index in [0.717, 1.165) is 70.1 Å². The molecule has 2 heterocycles. The lowest BCUT2D eigenvalue weighted by molar-refractivity contribution is -0.205. The lowest BCUT2D eigenvalue weighted by Gasteiger charge is -2.63. The molecule has 0 amide bonds. The molecule has 38 heavy (non-hydrogen) atoms. The molecule has 7 nitrogen and oxygen atoms in total. The molecular weight excluding hydrogens is 482 g/mol. The smallest absolute Gasteiger partial charge is 0.433 e. The maximum atomic E-state index is 12.4. The van der Waals surface area contributed by atoms with Gasteiger partial charge in [0.1, 0.15) is 12.7 Å². The Balaban J connectivity index is 1.09. The molecule has 209 valence electrons. The molecule has 6 rings (SSSR count). The third-order valence-corrected chi connectivity index (χ3v) is 11.7. The quantitative estimate of drug-likeness (QED) is 0.520. The average Bonchev–Trinajstić information content (AvgIpc) is 3.51. The van der Waals surface area contributed by atoms with Crippen molar-refractivity contribution in [3.05, 3.63) is 40.8 Å². The Bertz CT molecular complexity index is 1060. The molecule has 0 unspecified atom stereocenters. The van der Waals surface area contributed by atoms with Crippen LogP contribution in [-0.4, -0.2) is 54.1 Å². The van der Waals surface area contributed by atoms with Gasteiger partial charge in [0.2, 0.25) is 0 Å². The summed E-state index contributed by atoms with van der Waals surface area (Å²) >= 11 is 0. The van der Waals surface area contributed by atoms with Crippen LogP contribution in [0.1, 0.15) is 89.5 Å². The lowest BCUT2D eigenvalue weighted by atomic mass is 9.43. The van der Waals surface area contributed by atoms with Crippen molar-refractivity contribution < 1.29 is 23.8 Å². The van der Waals surface area contributed by atoms with Crippen LogP contribution in [0, 0.1) is 35.0 Å². The highest BCUT2D eigenvalue weighted by molar-refractivity contribution is 5.60.